The van der Waals surface area contributed by atoms with Crippen molar-refractivity contribution in [3.8, 4) is 6.07 Å². The van der Waals surface area contributed by atoms with Crippen molar-refractivity contribution in [3.63, 3.8) is 0 Å². The molecule has 0 aliphatic carbocycles. The summed E-state index contributed by atoms with van der Waals surface area (Å²) in [6.07, 6.45) is 0. The van der Waals surface area contributed by atoms with Gasteiger partial charge in [0.15, 0.2) is 0 Å². The Morgan fingerprint density at radius 3 is 2.44 bits per heavy atom. The van der Waals surface area contributed by atoms with Crippen molar-refractivity contribution >= 4 is 17.4 Å². The van der Waals surface area contributed by atoms with Crippen molar-refractivity contribution in [2.45, 2.75) is 9.79 Å². The molecule has 0 saturated carbocycles. The lowest BCUT2D eigenvalue weighted by atomic mass is 10.2. The number of nitrogens with two attached hydrogens (primary N) is 1. The first-order chi connectivity index (χ1) is 8.60. The molecule has 0 heterocycles. The molecule has 2 nitrogen and oxygen atoms in total. The van der Waals surface area contributed by atoms with E-state index >= 15 is 0 Å². The number of nitriles is 1. The van der Waals surface area contributed by atoms with Crippen LogP contribution in [-0.4, -0.2) is 0 Å². The number of hydrogen-bond donors (Lipinski definition) is 1. The standard InChI is InChI=1S/C13H8F2N2S/c14-9-1-3-13(11(15)6-9)18-12-4-2-10(17)5-8(12)7-16/h1-6H,17H2. The molecule has 90 valence electrons. The molecule has 0 aliphatic rings. The number of nitrogens with zero attached hydrogens (tertiary/aromatic N) is 1. The third-order valence-corrected chi connectivity index (χ3v) is 3.36. The van der Waals surface area contributed by atoms with Crippen molar-refractivity contribution < 1.29 is 8.78 Å². The first-order valence-corrected chi connectivity index (χ1v) is 5.84. The maximum Gasteiger partial charge on any atom is 0.140 e. The average molecular weight is 262 g/mol. The fourth-order valence-corrected chi connectivity index (χ4v) is 2.28. The third kappa shape index (κ3) is 2.60. The van der Waals surface area contributed by atoms with Gasteiger partial charge in [-0.05, 0) is 30.3 Å². The lowest BCUT2D eigenvalue weighted by molar-refractivity contribution is 0.565. The van der Waals surface area contributed by atoms with Crippen LogP contribution < -0.4 is 5.73 Å². The molecule has 0 unspecified atom stereocenters. The average Bonchev–Trinajstić information content (AvgIpc) is 2.34. The van der Waals surface area contributed by atoms with Crippen LogP contribution in [0.1, 0.15) is 5.56 Å². The molecule has 0 aromatic heterocycles. The van der Waals surface area contributed by atoms with Gasteiger partial charge >= 0.3 is 0 Å². The van der Waals surface area contributed by atoms with Gasteiger partial charge in [0.1, 0.15) is 17.7 Å². The lowest BCUT2D eigenvalue weighted by Gasteiger charge is -2.05. The number of rotatable bonds is 2. The summed E-state index contributed by atoms with van der Waals surface area (Å²) in [5.74, 6) is -1.28. The van der Waals surface area contributed by atoms with Crippen LogP contribution in [0.25, 0.3) is 0 Å². The van der Waals surface area contributed by atoms with Gasteiger partial charge in [0.2, 0.25) is 0 Å². The van der Waals surface area contributed by atoms with Gasteiger partial charge in [0.05, 0.1) is 5.56 Å². The van der Waals surface area contributed by atoms with Gasteiger partial charge in [-0.2, -0.15) is 5.26 Å². The largest absolute Gasteiger partial charge is 0.399 e. The minimum atomic E-state index is -0.652. The van der Waals surface area contributed by atoms with E-state index in [0.29, 0.717) is 16.1 Å². The molecule has 2 aromatic carbocycles. The number of hydrogen-bond acceptors (Lipinski definition) is 3. The van der Waals surface area contributed by atoms with E-state index in [0.717, 1.165) is 17.8 Å². The summed E-state index contributed by atoms with van der Waals surface area (Å²) in [6.45, 7) is 0. The molecular formula is C13H8F2N2S. The Morgan fingerprint density at radius 2 is 1.78 bits per heavy atom. The quantitative estimate of drug-likeness (QED) is 0.842. The second kappa shape index (κ2) is 5.07. The van der Waals surface area contributed by atoms with Crippen molar-refractivity contribution in [1.29, 1.82) is 5.26 Å². The molecule has 0 atom stereocenters. The first-order valence-electron chi connectivity index (χ1n) is 5.02. The van der Waals surface area contributed by atoms with E-state index in [9.17, 15) is 8.78 Å². The summed E-state index contributed by atoms with van der Waals surface area (Å²) >= 11 is 1.06. The van der Waals surface area contributed by atoms with Gasteiger partial charge in [-0.1, -0.05) is 11.8 Å². The minimum absolute atomic E-state index is 0.262. The molecule has 5 heteroatoms. The van der Waals surface area contributed by atoms with Gasteiger partial charge in [-0.15, -0.1) is 0 Å². The molecule has 0 saturated heterocycles. The summed E-state index contributed by atoms with van der Waals surface area (Å²) in [5, 5.41) is 8.96. The Bertz CT molecular complexity index is 635. The normalized spacial score (nSPS) is 10.1. The van der Waals surface area contributed by atoms with E-state index in [2.05, 4.69) is 0 Å². The van der Waals surface area contributed by atoms with E-state index in [1.165, 1.54) is 18.2 Å². The fourth-order valence-electron chi connectivity index (χ4n) is 1.40. The molecule has 0 fully saturated rings. The smallest absolute Gasteiger partial charge is 0.140 e. The zero-order chi connectivity index (χ0) is 13.1. The van der Waals surface area contributed by atoms with Gasteiger partial charge in [0, 0.05) is 21.5 Å². The molecule has 2 N–H and O–H groups in total. The second-order valence-electron chi connectivity index (χ2n) is 3.54. The molecular weight excluding hydrogens is 254 g/mol. The molecule has 2 aromatic rings. The molecule has 18 heavy (non-hydrogen) atoms. The van der Waals surface area contributed by atoms with E-state index in [1.807, 2.05) is 6.07 Å². The third-order valence-electron chi connectivity index (χ3n) is 2.24. The lowest BCUT2D eigenvalue weighted by Crippen LogP contribution is -1.89. The Morgan fingerprint density at radius 1 is 1.06 bits per heavy atom. The summed E-state index contributed by atoms with van der Waals surface area (Å²) < 4.78 is 26.2. The van der Waals surface area contributed by atoms with E-state index in [-0.39, 0.29) is 4.90 Å². The highest BCUT2D eigenvalue weighted by molar-refractivity contribution is 7.99. The van der Waals surface area contributed by atoms with Crippen molar-refractivity contribution in [1.82, 2.24) is 0 Å². The Kier molecular flexibility index (Phi) is 3.49. The van der Waals surface area contributed by atoms with Crippen LogP contribution in [0.5, 0.6) is 0 Å². The van der Waals surface area contributed by atoms with E-state index in [4.69, 9.17) is 11.0 Å². The maximum absolute atomic E-state index is 13.5. The fraction of sp³-hybridized carbons (Fsp3) is 0. The van der Waals surface area contributed by atoms with Gasteiger partial charge in [-0.3, -0.25) is 0 Å². The monoisotopic (exact) mass is 262 g/mol. The van der Waals surface area contributed by atoms with Gasteiger partial charge in [-0.25, -0.2) is 8.78 Å². The number of halogens is 2. The number of nitrogen functional groups attached to an aromatic ring is 1. The van der Waals surface area contributed by atoms with Crippen LogP contribution in [0.3, 0.4) is 0 Å². The summed E-state index contributed by atoms with van der Waals surface area (Å²) in [6, 6.07) is 10.1. The summed E-state index contributed by atoms with van der Waals surface area (Å²) in [4.78, 5) is 0.842. The van der Waals surface area contributed by atoms with Gasteiger partial charge in [0.25, 0.3) is 0 Å². The summed E-state index contributed by atoms with van der Waals surface area (Å²) in [7, 11) is 0. The topological polar surface area (TPSA) is 49.8 Å². The highest BCUT2D eigenvalue weighted by Gasteiger charge is 2.09. The predicted octanol–water partition coefficient (Wildman–Crippen LogP) is 3.57. The minimum Gasteiger partial charge on any atom is -0.399 e. The van der Waals surface area contributed by atoms with Crippen LogP contribution in [0, 0.1) is 23.0 Å². The highest BCUT2D eigenvalue weighted by Crippen LogP contribution is 2.33. The van der Waals surface area contributed by atoms with Crippen molar-refractivity contribution in [3.05, 3.63) is 53.6 Å². The Balaban J connectivity index is 2.37. The number of anilines is 1. The van der Waals surface area contributed by atoms with Crippen LogP contribution in [-0.2, 0) is 0 Å². The molecule has 0 spiro atoms. The van der Waals surface area contributed by atoms with Gasteiger partial charge < -0.3 is 5.73 Å². The van der Waals surface area contributed by atoms with E-state index in [1.54, 1.807) is 12.1 Å². The molecule has 0 aliphatic heterocycles. The highest BCUT2D eigenvalue weighted by atomic mass is 32.2. The first kappa shape index (κ1) is 12.4. The summed E-state index contributed by atoms with van der Waals surface area (Å²) in [5.41, 5.74) is 6.39. The zero-order valence-corrected chi connectivity index (χ0v) is 9.97. The Hall–Kier alpha value is -2.06. The zero-order valence-electron chi connectivity index (χ0n) is 9.15. The SMILES string of the molecule is N#Cc1cc(N)ccc1Sc1ccc(F)cc1F. The van der Waals surface area contributed by atoms with Crippen LogP contribution in [0.2, 0.25) is 0 Å². The maximum atomic E-state index is 13.5. The van der Waals surface area contributed by atoms with Crippen LogP contribution in [0.15, 0.2) is 46.2 Å². The van der Waals surface area contributed by atoms with Crippen LogP contribution in [0.4, 0.5) is 14.5 Å². The molecule has 0 amide bonds. The van der Waals surface area contributed by atoms with Crippen molar-refractivity contribution in [2.24, 2.45) is 0 Å². The molecule has 2 rings (SSSR count). The molecule has 0 radical (unpaired) electrons. The second-order valence-corrected chi connectivity index (χ2v) is 4.63. The number of benzene rings is 2. The molecule has 0 bridgehead atoms. The van der Waals surface area contributed by atoms with Crippen molar-refractivity contribution in [2.75, 3.05) is 5.73 Å². The predicted molar refractivity (Wildman–Crippen MR) is 66.1 cm³/mol. The van der Waals surface area contributed by atoms with Crippen LogP contribution >= 0.6 is 11.8 Å². The van der Waals surface area contributed by atoms with E-state index < -0.39 is 11.6 Å². The Labute approximate surface area is 107 Å².